The van der Waals surface area contributed by atoms with Gasteiger partial charge >= 0.3 is 18.0 Å². The van der Waals surface area contributed by atoms with Crippen LogP contribution in [0.1, 0.15) is 73.6 Å². The summed E-state index contributed by atoms with van der Waals surface area (Å²) in [6.45, 7) is 10.7. The van der Waals surface area contributed by atoms with Crippen molar-refractivity contribution in [1.82, 2.24) is 5.32 Å². The third kappa shape index (κ3) is 8.23. The van der Waals surface area contributed by atoms with Crippen LogP contribution in [-0.2, 0) is 19.1 Å². The third-order valence-electron chi connectivity index (χ3n) is 4.36. The summed E-state index contributed by atoms with van der Waals surface area (Å²) in [7, 11) is 0. The van der Waals surface area contributed by atoms with Crippen molar-refractivity contribution < 1.29 is 29.0 Å². The average Bonchev–Trinajstić information content (AvgIpc) is 2.54. The Balaban J connectivity index is 4.91. The van der Waals surface area contributed by atoms with Crippen LogP contribution in [0.5, 0.6) is 0 Å². The molecular formula is C18H33NO6. The van der Waals surface area contributed by atoms with Crippen LogP contribution in [0.4, 0.5) is 4.79 Å². The second kappa shape index (κ2) is 10.9. The first kappa shape index (κ1) is 23.2. The summed E-state index contributed by atoms with van der Waals surface area (Å²) in [4.78, 5) is 35.2. The zero-order chi connectivity index (χ0) is 19.6. The summed E-state index contributed by atoms with van der Waals surface area (Å²) in [5, 5.41) is 11.9. The van der Waals surface area contributed by atoms with Crippen molar-refractivity contribution >= 4 is 18.0 Å². The number of esters is 1. The smallest absolute Gasteiger partial charge is 0.411 e. The molecule has 2 N–H and O–H groups in total. The van der Waals surface area contributed by atoms with Crippen molar-refractivity contribution in [3.05, 3.63) is 0 Å². The second-order valence-corrected chi connectivity index (χ2v) is 6.84. The van der Waals surface area contributed by atoms with Crippen molar-refractivity contribution in [1.29, 1.82) is 0 Å². The molecule has 0 unspecified atom stereocenters. The molecule has 7 heteroatoms. The number of carbonyl (C=O) groups excluding carboxylic acids is 2. The molecule has 0 aliphatic carbocycles. The van der Waals surface area contributed by atoms with Crippen molar-refractivity contribution in [2.45, 2.75) is 85.5 Å². The van der Waals surface area contributed by atoms with Crippen LogP contribution in [0.15, 0.2) is 0 Å². The number of carbonyl (C=O) groups is 3. The molecule has 0 rings (SSSR count). The Hall–Kier alpha value is -1.79. The number of hydrogen-bond donors (Lipinski definition) is 2. The van der Waals surface area contributed by atoms with Gasteiger partial charge in [-0.25, -0.2) is 9.59 Å². The van der Waals surface area contributed by atoms with Gasteiger partial charge in [-0.2, -0.15) is 0 Å². The fraction of sp³-hybridized carbons (Fsp3) is 0.833. The van der Waals surface area contributed by atoms with E-state index >= 15 is 0 Å². The highest BCUT2D eigenvalue weighted by Crippen LogP contribution is 2.22. The van der Waals surface area contributed by atoms with Gasteiger partial charge in [0.25, 0.3) is 6.29 Å². The third-order valence-corrected chi connectivity index (χ3v) is 4.36. The van der Waals surface area contributed by atoms with E-state index in [9.17, 15) is 19.5 Å². The molecular weight excluding hydrogens is 326 g/mol. The minimum atomic E-state index is -1.43. The highest BCUT2D eigenvalue weighted by atomic mass is 16.7. The molecule has 0 saturated carbocycles. The first-order valence-corrected chi connectivity index (χ1v) is 9.01. The number of nitrogens with one attached hydrogen (secondary N) is 1. The molecule has 0 aromatic heterocycles. The molecule has 0 aromatic carbocycles. The Labute approximate surface area is 150 Å². The lowest BCUT2D eigenvalue weighted by molar-refractivity contribution is -0.175. The molecule has 0 spiro atoms. The Morgan fingerprint density at radius 1 is 1.08 bits per heavy atom. The van der Waals surface area contributed by atoms with Crippen molar-refractivity contribution in [3.8, 4) is 0 Å². The van der Waals surface area contributed by atoms with Gasteiger partial charge < -0.3 is 19.9 Å². The molecule has 0 aliphatic heterocycles. The summed E-state index contributed by atoms with van der Waals surface area (Å²) >= 11 is 0. The SMILES string of the molecule is CCC(=O)O[C@@H](OC(=O)N[C@@](C)(CCC(CC)CC)C(=O)O)C(C)C. The first-order chi connectivity index (χ1) is 11.6. The van der Waals surface area contributed by atoms with Crippen LogP contribution >= 0.6 is 0 Å². The van der Waals surface area contributed by atoms with Crippen molar-refractivity contribution in [3.63, 3.8) is 0 Å². The minimum absolute atomic E-state index is 0.163. The summed E-state index contributed by atoms with van der Waals surface area (Å²) in [6.07, 6.45) is 1.11. The molecule has 1 amide bonds. The van der Waals surface area contributed by atoms with Crippen LogP contribution in [0.2, 0.25) is 0 Å². The molecule has 0 heterocycles. The zero-order valence-corrected chi connectivity index (χ0v) is 16.3. The Bertz CT molecular complexity index is 447. The summed E-state index contributed by atoms with van der Waals surface area (Å²) in [5.74, 6) is -1.45. The highest BCUT2D eigenvalue weighted by molar-refractivity contribution is 5.83. The molecule has 0 aromatic rings. The van der Waals surface area contributed by atoms with Crippen LogP contribution in [-0.4, -0.2) is 35.0 Å². The number of alkyl carbamates (subject to hydrolysis) is 1. The standard InChI is InChI=1S/C18H33NO6/c1-7-13(8-2)10-11-18(6,16(21)22)19-17(23)25-15(12(4)5)24-14(20)9-3/h12-13,15H,7-11H2,1-6H3,(H,19,23)(H,21,22)/t15-,18-/m0/s1. The fourth-order valence-corrected chi connectivity index (χ4v) is 2.28. The van der Waals surface area contributed by atoms with Gasteiger partial charge in [-0.05, 0) is 25.7 Å². The van der Waals surface area contributed by atoms with Crippen LogP contribution < -0.4 is 5.32 Å². The quantitative estimate of drug-likeness (QED) is 0.431. The summed E-state index contributed by atoms with van der Waals surface area (Å²) < 4.78 is 10.2. The maximum Gasteiger partial charge on any atom is 0.411 e. The Morgan fingerprint density at radius 2 is 1.64 bits per heavy atom. The maximum absolute atomic E-state index is 12.1. The van der Waals surface area contributed by atoms with E-state index in [1.54, 1.807) is 20.8 Å². The van der Waals surface area contributed by atoms with Gasteiger partial charge in [0, 0.05) is 12.3 Å². The topological polar surface area (TPSA) is 102 Å². The first-order valence-electron chi connectivity index (χ1n) is 9.01. The largest absolute Gasteiger partial charge is 0.480 e. The van der Waals surface area contributed by atoms with E-state index in [4.69, 9.17) is 9.47 Å². The maximum atomic E-state index is 12.1. The van der Waals surface area contributed by atoms with Gasteiger partial charge in [0.1, 0.15) is 5.54 Å². The molecule has 0 bridgehead atoms. The normalized spacial score (nSPS) is 14.7. The fourth-order valence-electron chi connectivity index (χ4n) is 2.28. The predicted molar refractivity (Wildman–Crippen MR) is 94.0 cm³/mol. The van der Waals surface area contributed by atoms with Crippen molar-refractivity contribution in [2.75, 3.05) is 0 Å². The van der Waals surface area contributed by atoms with E-state index in [1.165, 1.54) is 6.92 Å². The van der Waals surface area contributed by atoms with E-state index in [1.807, 2.05) is 0 Å². The molecule has 0 saturated heterocycles. The van der Waals surface area contributed by atoms with Crippen LogP contribution in [0, 0.1) is 11.8 Å². The molecule has 25 heavy (non-hydrogen) atoms. The Morgan fingerprint density at radius 3 is 2.04 bits per heavy atom. The number of amides is 1. The van der Waals surface area contributed by atoms with E-state index in [-0.39, 0.29) is 12.3 Å². The number of rotatable bonds is 11. The van der Waals surface area contributed by atoms with Gasteiger partial charge in [-0.3, -0.25) is 4.79 Å². The van der Waals surface area contributed by atoms with Gasteiger partial charge in [0.15, 0.2) is 0 Å². The van der Waals surface area contributed by atoms with Crippen LogP contribution in [0.3, 0.4) is 0 Å². The Kier molecular flexibility index (Phi) is 10.2. The summed E-state index contributed by atoms with van der Waals surface area (Å²) in [5.41, 5.74) is -1.43. The van der Waals surface area contributed by atoms with E-state index in [2.05, 4.69) is 19.2 Å². The number of hydrogen-bond acceptors (Lipinski definition) is 5. The van der Waals surface area contributed by atoms with E-state index < -0.39 is 29.9 Å². The van der Waals surface area contributed by atoms with E-state index in [0.717, 1.165) is 12.8 Å². The zero-order valence-electron chi connectivity index (χ0n) is 16.3. The van der Waals surface area contributed by atoms with Crippen molar-refractivity contribution in [2.24, 2.45) is 11.8 Å². The lowest BCUT2D eigenvalue weighted by Gasteiger charge is -2.29. The number of ether oxygens (including phenoxy) is 2. The molecule has 0 aliphatic rings. The number of carboxylic acids is 1. The number of carboxylic acid groups (broad SMARTS) is 1. The van der Waals surface area contributed by atoms with Crippen LogP contribution in [0.25, 0.3) is 0 Å². The monoisotopic (exact) mass is 359 g/mol. The second-order valence-electron chi connectivity index (χ2n) is 6.84. The van der Waals surface area contributed by atoms with Gasteiger partial charge in [-0.1, -0.05) is 47.5 Å². The number of aliphatic carboxylic acids is 1. The predicted octanol–water partition coefficient (Wildman–Crippen LogP) is 3.71. The lowest BCUT2D eigenvalue weighted by atomic mass is 9.88. The molecule has 7 nitrogen and oxygen atoms in total. The molecule has 2 atom stereocenters. The summed E-state index contributed by atoms with van der Waals surface area (Å²) in [6, 6.07) is 0. The molecule has 146 valence electrons. The molecule has 0 fully saturated rings. The lowest BCUT2D eigenvalue weighted by Crippen LogP contribution is -2.53. The average molecular weight is 359 g/mol. The minimum Gasteiger partial charge on any atom is -0.480 e. The van der Waals surface area contributed by atoms with Gasteiger partial charge in [0.2, 0.25) is 0 Å². The van der Waals surface area contributed by atoms with E-state index in [0.29, 0.717) is 18.8 Å². The highest BCUT2D eigenvalue weighted by Gasteiger charge is 2.36. The van der Waals surface area contributed by atoms with Gasteiger partial charge in [0.05, 0.1) is 0 Å². The molecule has 0 radical (unpaired) electrons. The van der Waals surface area contributed by atoms with Gasteiger partial charge in [-0.15, -0.1) is 0 Å².